The summed E-state index contributed by atoms with van der Waals surface area (Å²) in [6.07, 6.45) is 4.49. The minimum absolute atomic E-state index is 0.209. The zero-order chi connectivity index (χ0) is 11.3. The minimum atomic E-state index is -0.236. The fourth-order valence-corrected chi connectivity index (χ4v) is 1.42. The van der Waals surface area contributed by atoms with Crippen LogP contribution in [0.5, 0.6) is 0 Å². The number of nitrogens with two attached hydrogens (primary N) is 1. The topological polar surface area (TPSA) is 70.1 Å². The van der Waals surface area contributed by atoms with Gasteiger partial charge in [-0.15, -0.1) is 0 Å². The zero-order valence-electron chi connectivity index (χ0n) is 9.14. The summed E-state index contributed by atoms with van der Waals surface area (Å²) in [5.41, 5.74) is 5.93. The average Bonchev–Trinajstić information content (AvgIpc) is 2.73. The van der Waals surface area contributed by atoms with Gasteiger partial charge in [0.15, 0.2) is 0 Å². The summed E-state index contributed by atoms with van der Waals surface area (Å²) < 4.78 is 6.53. The first-order chi connectivity index (χ1) is 7.19. The van der Waals surface area contributed by atoms with Crippen molar-refractivity contribution in [2.24, 2.45) is 5.73 Å². The zero-order valence-corrected chi connectivity index (χ0v) is 9.14. The van der Waals surface area contributed by atoms with Crippen LogP contribution in [-0.2, 0) is 16.1 Å². The highest BCUT2D eigenvalue weighted by Crippen LogP contribution is 2.14. The maximum atomic E-state index is 10.9. The van der Waals surface area contributed by atoms with Gasteiger partial charge in [0.25, 0.3) is 0 Å². The number of hydrogen-bond acceptors (Lipinski definition) is 4. The smallest absolute Gasteiger partial charge is 0.305 e. The lowest BCUT2D eigenvalue weighted by molar-refractivity contribution is -0.140. The Hall–Kier alpha value is -1.36. The van der Waals surface area contributed by atoms with Gasteiger partial charge >= 0.3 is 5.97 Å². The molecule has 15 heavy (non-hydrogen) atoms. The fourth-order valence-electron chi connectivity index (χ4n) is 1.42. The van der Waals surface area contributed by atoms with Crippen LogP contribution in [0.15, 0.2) is 12.4 Å². The molecule has 1 heterocycles. The van der Waals surface area contributed by atoms with Crippen LogP contribution < -0.4 is 5.73 Å². The van der Waals surface area contributed by atoms with E-state index in [9.17, 15) is 4.79 Å². The molecule has 0 aliphatic rings. The minimum Gasteiger partial charge on any atom is -0.469 e. The van der Waals surface area contributed by atoms with Crippen molar-refractivity contribution in [2.75, 3.05) is 7.11 Å². The van der Waals surface area contributed by atoms with Crippen LogP contribution in [0.3, 0.4) is 0 Å². The molecule has 1 aromatic heterocycles. The van der Waals surface area contributed by atoms with Crippen molar-refractivity contribution in [3.63, 3.8) is 0 Å². The van der Waals surface area contributed by atoms with Crippen LogP contribution in [0.25, 0.3) is 0 Å². The van der Waals surface area contributed by atoms with Crippen molar-refractivity contribution in [3.05, 3.63) is 18.2 Å². The van der Waals surface area contributed by atoms with Gasteiger partial charge in [-0.1, -0.05) is 0 Å². The summed E-state index contributed by atoms with van der Waals surface area (Å²) in [6, 6.07) is -0.209. The first-order valence-electron chi connectivity index (χ1n) is 5.02. The van der Waals surface area contributed by atoms with Crippen molar-refractivity contribution in [2.45, 2.75) is 32.4 Å². The number of methoxy groups -OCH3 is 1. The molecule has 5 heteroatoms. The second-order valence-electron chi connectivity index (χ2n) is 3.29. The first-order valence-corrected chi connectivity index (χ1v) is 5.02. The van der Waals surface area contributed by atoms with E-state index in [2.05, 4.69) is 9.72 Å². The lowest BCUT2D eigenvalue weighted by atomic mass is 10.1. The predicted molar refractivity (Wildman–Crippen MR) is 56.1 cm³/mol. The Bertz CT molecular complexity index is 322. The quantitative estimate of drug-likeness (QED) is 0.733. The van der Waals surface area contributed by atoms with Gasteiger partial charge in [0.1, 0.15) is 5.82 Å². The van der Waals surface area contributed by atoms with E-state index in [-0.39, 0.29) is 12.0 Å². The molecule has 0 fully saturated rings. The Morgan fingerprint density at radius 1 is 1.73 bits per heavy atom. The number of rotatable bonds is 5. The number of aryl methyl sites for hydroxylation is 1. The molecule has 2 N–H and O–H groups in total. The summed E-state index contributed by atoms with van der Waals surface area (Å²) >= 11 is 0. The van der Waals surface area contributed by atoms with Gasteiger partial charge in [0, 0.05) is 25.4 Å². The first kappa shape index (κ1) is 11.7. The summed E-state index contributed by atoms with van der Waals surface area (Å²) in [7, 11) is 1.38. The van der Waals surface area contributed by atoms with Crippen LogP contribution in [0.4, 0.5) is 0 Å². The molecule has 0 saturated carbocycles. The Morgan fingerprint density at radius 3 is 3.07 bits per heavy atom. The largest absolute Gasteiger partial charge is 0.469 e. The molecule has 1 rings (SSSR count). The van der Waals surface area contributed by atoms with Gasteiger partial charge in [-0.3, -0.25) is 4.79 Å². The molecular formula is C10H17N3O2. The second-order valence-corrected chi connectivity index (χ2v) is 3.29. The highest BCUT2D eigenvalue weighted by Gasteiger charge is 2.13. The van der Waals surface area contributed by atoms with Crippen LogP contribution in [0, 0.1) is 0 Å². The third-order valence-electron chi connectivity index (χ3n) is 2.31. The number of esters is 1. The lowest BCUT2D eigenvalue weighted by Crippen LogP contribution is -2.17. The van der Waals surface area contributed by atoms with E-state index in [0.717, 1.165) is 12.4 Å². The number of hydrogen-bond donors (Lipinski definition) is 1. The van der Waals surface area contributed by atoms with Crippen molar-refractivity contribution >= 4 is 5.97 Å². The summed E-state index contributed by atoms with van der Waals surface area (Å²) in [4.78, 5) is 15.1. The standard InChI is InChI=1S/C10H17N3O2/c1-3-13-7-6-12-10(13)8(11)4-5-9(14)15-2/h6-8H,3-5,11H2,1-2H3. The molecule has 0 saturated heterocycles. The molecular weight excluding hydrogens is 194 g/mol. The Morgan fingerprint density at radius 2 is 2.47 bits per heavy atom. The van der Waals surface area contributed by atoms with E-state index in [1.54, 1.807) is 6.20 Å². The second kappa shape index (κ2) is 5.50. The third-order valence-corrected chi connectivity index (χ3v) is 2.31. The SMILES string of the molecule is CCn1ccnc1C(N)CCC(=O)OC. The third kappa shape index (κ3) is 3.06. The summed E-state index contributed by atoms with van der Waals surface area (Å²) in [6.45, 7) is 2.86. The van der Waals surface area contributed by atoms with Crippen LogP contribution in [-0.4, -0.2) is 22.6 Å². The van der Waals surface area contributed by atoms with Crippen molar-refractivity contribution in [3.8, 4) is 0 Å². The Balaban J connectivity index is 2.53. The van der Waals surface area contributed by atoms with E-state index in [1.807, 2.05) is 17.7 Å². The molecule has 84 valence electrons. The maximum Gasteiger partial charge on any atom is 0.305 e. The molecule has 0 bridgehead atoms. The van der Waals surface area contributed by atoms with Crippen molar-refractivity contribution in [1.29, 1.82) is 0 Å². The molecule has 0 spiro atoms. The van der Waals surface area contributed by atoms with Gasteiger partial charge < -0.3 is 15.0 Å². The molecule has 1 unspecified atom stereocenters. The van der Waals surface area contributed by atoms with Crippen LogP contribution in [0.1, 0.15) is 31.6 Å². The van der Waals surface area contributed by atoms with Crippen molar-refractivity contribution < 1.29 is 9.53 Å². The maximum absolute atomic E-state index is 10.9. The predicted octanol–water partition coefficient (Wildman–Crippen LogP) is 0.856. The van der Waals surface area contributed by atoms with Crippen LogP contribution in [0.2, 0.25) is 0 Å². The van der Waals surface area contributed by atoms with Gasteiger partial charge in [0.05, 0.1) is 13.2 Å². The van der Waals surface area contributed by atoms with E-state index in [0.29, 0.717) is 12.8 Å². The molecule has 5 nitrogen and oxygen atoms in total. The molecule has 0 aliphatic heterocycles. The summed E-state index contributed by atoms with van der Waals surface area (Å²) in [5.74, 6) is 0.585. The molecule has 0 radical (unpaired) electrons. The number of nitrogens with zero attached hydrogens (tertiary/aromatic N) is 2. The Labute approximate surface area is 89.2 Å². The molecule has 1 atom stereocenters. The van der Waals surface area contributed by atoms with E-state index >= 15 is 0 Å². The number of aromatic nitrogens is 2. The van der Waals surface area contributed by atoms with Gasteiger partial charge in [0.2, 0.25) is 0 Å². The fraction of sp³-hybridized carbons (Fsp3) is 0.600. The van der Waals surface area contributed by atoms with Gasteiger partial charge in [-0.2, -0.15) is 0 Å². The monoisotopic (exact) mass is 211 g/mol. The normalized spacial score (nSPS) is 12.5. The van der Waals surface area contributed by atoms with Gasteiger partial charge in [-0.25, -0.2) is 4.98 Å². The Kier molecular flexibility index (Phi) is 4.30. The molecule has 0 aliphatic carbocycles. The molecule has 0 aromatic carbocycles. The lowest BCUT2D eigenvalue weighted by Gasteiger charge is -2.11. The number of carbonyl (C=O) groups is 1. The highest BCUT2D eigenvalue weighted by molar-refractivity contribution is 5.69. The van der Waals surface area contributed by atoms with Crippen LogP contribution >= 0.6 is 0 Å². The number of carbonyl (C=O) groups excluding carboxylic acids is 1. The van der Waals surface area contributed by atoms with E-state index in [4.69, 9.17) is 5.73 Å². The van der Waals surface area contributed by atoms with Crippen molar-refractivity contribution in [1.82, 2.24) is 9.55 Å². The molecule has 1 aromatic rings. The van der Waals surface area contributed by atoms with Gasteiger partial charge in [-0.05, 0) is 13.3 Å². The molecule has 0 amide bonds. The highest BCUT2D eigenvalue weighted by atomic mass is 16.5. The van der Waals surface area contributed by atoms with E-state index < -0.39 is 0 Å². The number of ether oxygens (including phenoxy) is 1. The average molecular weight is 211 g/mol. The number of imidazole rings is 1. The summed E-state index contributed by atoms with van der Waals surface area (Å²) in [5, 5.41) is 0. The van der Waals surface area contributed by atoms with E-state index in [1.165, 1.54) is 7.11 Å².